The first-order valence-electron chi connectivity index (χ1n) is 11.3. The number of aryl methyl sites for hydroxylation is 1. The summed E-state index contributed by atoms with van der Waals surface area (Å²) < 4.78 is 0. The van der Waals surface area contributed by atoms with Crippen molar-refractivity contribution in [1.29, 1.82) is 0 Å². The van der Waals surface area contributed by atoms with Crippen molar-refractivity contribution in [3.63, 3.8) is 0 Å². The molecule has 1 aliphatic carbocycles. The van der Waals surface area contributed by atoms with Crippen LogP contribution in [0.3, 0.4) is 0 Å². The SMILES string of the molecule is NC1CCc2c(ccc(O)c2O)C1CCCCCCNCCCc1ccc(O)cc1. The van der Waals surface area contributed by atoms with Crippen LogP contribution in [0.4, 0.5) is 0 Å². The second-order valence-corrected chi connectivity index (χ2v) is 8.53. The van der Waals surface area contributed by atoms with Crippen LogP contribution in [0.2, 0.25) is 0 Å². The molecule has 2 unspecified atom stereocenters. The fourth-order valence-corrected chi connectivity index (χ4v) is 4.54. The third kappa shape index (κ3) is 6.13. The van der Waals surface area contributed by atoms with Crippen molar-refractivity contribution in [2.24, 2.45) is 5.73 Å². The highest BCUT2D eigenvalue weighted by Gasteiger charge is 2.29. The lowest BCUT2D eigenvalue weighted by Gasteiger charge is -2.32. The van der Waals surface area contributed by atoms with Gasteiger partial charge < -0.3 is 26.4 Å². The monoisotopic (exact) mass is 412 g/mol. The molecule has 5 heteroatoms. The van der Waals surface area contributed by atoms with Crippen LogP contribution in [0.25, 0.3) is 0 Å². The van der Waals surface area contributed by atoms with Crippen molar-refractivity contribution in [1.82, 2.24) is 5.32 Å². The summed E-state index contributed by atoms with van der Waals surface area (Å²) in [6.07, 6.45) is 9.50. The number of hydrogen-bond donors (Lipinski definition) is 5. The van der Waals surface area contributed by atoms with Crippen molar-refractivity contribution in [3.8, 4) is 17.2 Å². The van der Waals surface area contributed by atoms with Gasteiger partial charge in [-0.3, -0.25) is 0 Å². The minimum Gasteiger partial charge on any atom is -0.508 e. The van der Waals surface area contributed by atoms with Crippen LogP contribution < -0.4 is 11.1 Å². The Kier molecular flexibility index (Phi) is 8.40. The van der Waals surface area contributed by atoms with Gasteiger partial charge in [0, 0.05) is 11.6 Å². The van der Waals surface area contributed by atoms with E-state index in [1.165, 1.54) is 24.8 Å². The van der Waals surface area contributed by atoms with E-state index >= 15 is 0 Å². The summed E-state index contributed by atoms with van der Waals surface area (Å²) >= 11 is 0. The van der Waals surface area contributed by atoms with Gasteiger partial charge in [-0.25, -0.2) is 0 Å². The molecule has 0 spiro atoms. The second kappa shape index (κ2) is 11.2. The Balaban J connectivity index is 1.27. The van der Waals surface area contributed by atoms with Crippen molar-refractivity contribution < 1.29 is 15.3 Å². The van der Waals surface area contributed by atoms with Crippen LogP contribution in [0.5, 0.6) is 17.2 Å². The zero-order valence-corrected chi connectivity index (χ0v) is 17.8. The second-order valence-electron chi connectivity index (χ2n) is 8.53. The molecule has 3 rings (SSSR count). The van der Waals surface area contributed by atoms with Gasteiger partial charge in [-0.2, -0.15) is 0 Å². The van der Waals surface area contributed by atoms with Gasteiger partial charge >= 0.3 is 0 Å². The molecule has 0 bridgehead atoms. The zero-order chi connectivity index (χ0) is 21.3. The summed E-state index contributed by atoms with van der Waals surface area (Å²) in [7, 11) is 0. The first-order chi connectivity index (χ1) is 14.6. The highest BCUT2D eigenvalue weighted by Crippen LogP contribution is 2.42. The van der Waals surface area contributed by atoms with E-state index in [1.807, 2.05) is 18.2 Å². The van der Waals surface area contributed by atoms with Crippen LogP contribution in [-0.4, -0.2) is 34.5 Å². The zero-order valence-electron chi connectivity index (χ0n) is 17.8. The largest absolute Gasteiger partial charge is 0.508 e. The summed E-state index contributed by atoms with van der Waals surface area (Å²) in [6.45, 7) is 2.07. The van der Waals surface area contributed by atoms with E-state index in [2.05, 4.69) is 5.32 Å². The van der Waals surface area contributed by atoms with Crippen molar-refractivity contribution >= 4 is 0 Å². The predicted molar refractivity (Wildman–Crippen MR) is 121 cm³/mol. The molecule has 164 valence electrons. The topological polar surface area (TPSA) is 98.7 Å². The van der Waals surface area contributed by atoms with Crippen LogP contribution in [0.1, 0.15) is 67.6 Å². The lowest BCUT2D eigenvalue weighted by molar-refractivity contribution is 0.380. The first-order valence-corrected chi connectivity index (χ1v) is 11.3. The normalized spacial score (nSPS) is 18.3. The average molecular weight is 413 g/mol. The maximum Gasteiger partial charge on any atom is 0.160 e. The molecule has 0 amide bonds. The number of fused-ring (bicyclic) bond motifs is 1. The van der Waals surface area contributed by atoms with Crippen molar-refractivity contribution in [2.75, 3.05) is 13.1 Å². The standard InChI is InChI=1S/C25H36N2O3/c26-23-14-12-22-20(13-15-24(29)25(22)30)21(23)7-3-1-2-4-16-27-17-5-6-18-8-10-19(28)11-9-18/h8-11,13,15,21,23,27-30H,1-7,12,14,16-17,26H2. The fraction of sp³-hybridized carbons (Fsp3) is 0.520. The van der Waals surface area contributed by atoms with E-state index in [4.69, 9.17) is 5.73 Å². The Hall–Kier alpha value is -2.24. The van der Waals surface area contributed by atoms with E-state index in [-0.39, 0.29) is 23.5 Å². The van der Waals surface area contributed by atoms with Gasteiger partial charge in [-0.15, -0.1) is 0 Å². The molecule has 0 saturated heterocycles. The third-order valence-corrected chi connectivity index (χ3v) is 6.32. The molecular weight excluding hydrogens is 376 g/mol. The molecule has 0 aromatic heterocycles. The summed E-state index contributed by atoms with van der Waals surface area (Å²) in [5.74, 6) is 0.613. The smallest absolute Gasteiger partial charge is 0.160 e. The number of phenolic OH excluding ortho intramolecular Hbond substituents is 3. The molecule has 0 aliphatic heterocycles. The van der Waals surface area contributed by atoms with Gasteiger partial charge in [0.2, 0.25) is 0 Å². The molecule has 6 N–H and O–H groups in total. The molecule has 0 radical (unpaired) electrons. The molecule has 2 atom stereocenters. The minimum absolute atomic E-state index is 0.0291. The molecule has 0 saturated carbocycles. The highest BCUT2D eigenvalue weighted by molar-refractivity contribution is 5.51. The van der Waals surface area contributed by atoms with E-state index in [9.17, 15) is 15.3 Å². The first kappa shape index (κ1) is 22.4. The Morgan fingerprint density at radius 3 is 2.40 bits per heavy atom. The fourth-order valence-electron chi connectivity index (χ4n) is 4.54. The van der Waals surface area contributed by atoms with Crippen molar-refractivity contribution in [2.45, 2.75) is 69.7 Å². The van der Waals surface area contributed by atoms with E-state index in [1.54, 1.807) is 18.2 Å². The quantitative estimate of drug-likeness (QED) is 0.279. The number of nitrogens with one attached hydrogen (secondary N) is 1. The van der Waals surface area contributed by atoms with E-state index < -0.39 is 0 Å². The number of aromatic hydroxyl groups is 3. The number of nitrogens with two attached hydrogens (primary N) is 1. The van der Waals surface area contributed by atoms with Crippen molar-refractivity contribution in [3.05, 3.63) is 53.1 Å². The van der Waals surface area contributed by atoms with Gasteiger partial charge in [-0.1, -0.05) is 37.5 Å². The average Bonchev–Trinajstić information content (AvgIpc) is 2.74. The maximum atomic E-state index is 10.1. The third-order valence-electron chi connectivity index (χ3n) is 6.32. The summed E-state index contributed by atoms with van der Waals surface area (Å²) in [5, 5.41) is 32.7. The van der Waals surface area contributed by atoms with Gasteiger partial charge in [-0.05, 0) is 86.9 Å². The number of rotatable bonds is 11. The molecule has 30 heavy (non-hydrogen) atoms. The minimum atomic E-state index is -0.0291. The lowest BCUT2D eigenvalue weighted by Crippen LogP contribution is -2.33. The molecule has 0 heterocycles. The van der Waals surface area contributed by atoms with Gasteiger partial charge in [0.05, 0.1) is 0 Å². The van der Waals surface area contributed by atoms with E-state index in [0.29, 0.717) is 5.75 Å². The molecule has 2 aromatic carbocycles. The van der Waals surface area contributed by atoms with Crippen LogP contribution in [0.15, 0.2) is 36.4 Å². The van der Waals surface area contributed by atoms with Crippen LogP contribution in [-0.2, 0) is 12.8 Å². The maximum absolute atomic E-state index is 10.1. The number of unbranched alkanes of at least 4 members (excludes halogenated alkanes) is 3. The Morgan fingerprint density at radius 1 is 0.867 bits per heavy atom. The Labute approximate surface area is 179 Å². The molecular formula is C25H36N2O3. The summed E-state index contributed by atoms with van der Waals surface area (Å²) in [5.41, 5.74) is 9.65. The molecule has 2 aromatic rings. The summed E-state index contributed by atoms with van der Waals surface area (Å²) in [4.78, 5) is 0. The van der Waals surface area contributed by atoms with E-state index in [0.717, 1.165) is 62.7 Å². The van der Waals surface area contributed by atoms with Gasteiger partial charge in [0.25, 0.3) is 0 Å². The van der Waals surface area contributed by atoms with Gasteiger partial charge in [0.15, 0.2) is 11.5 Å². The van der Waals surface area contributed by atoms with Crippen LogP contribution >= 0.6 is 0 Å². The molecule has 5 nitrogen and oxygen atoms in total. The molecule has 0 fully saturated rings. The van der Waals surface area contributed by atoms with Crippen LogP contribution in [0, 0.1) is 0 Å². The summed E-state index contributed by atoms with van der Waals surface area (Å²) in [6, 6.07) is 11.1. The Morgan fingerprint density at radius 2 is 1.60 bits per heavy atom. The highest BCUT2D eigenvalue weighted by atomic mass is 16.3. The number of phenols is 3. The van der Waals surface area contributed by atoms with Gasteiger partial charge in [0.1, 0.15) is 5.75 Å². The lowest BCUT2D eigenvalue weighted by atomic mass is 9.76. The Bertz CT molecular complexity index is 792. The predicted octanol–water partition coefficient (Wildman–Crippen LogP) is 4.33. The molecule has 1 aliphatic rings. The number of hydrogen-bond acceptors (Lipinski definition) is 5. The number of benzene rings is 2.